The second kappa shape index (κ2) is 12.5. The Bertz CT molecular complexity index is 1290. The van der Waals surface area contributed by atoms with Crippen LogP contribution in [0.1, 0.15) is 69.2 Å². The molecule has 1 saturated heterocycles. The van der Waals surface area contributed by atoms with Crippen LogP contribution in [0.25, 0.3) is 0 Å². The van der Waals surface area contributed by atoms with Gasteiger partial charge in [-0.2, -0.15) is 0 Å². The second-order valence-electron chi connectivity index (χ2n) is 11.5. The summed E-state index contributed by atoms with van der Waals surface area (Å²) in [6.45, 7) is 7.20. The molecule has 7 heteroatoms. The molecule has 0 aromatic heterocycles. The molecule has 0 radical (unpaired) electrons. The third-order valence-corrected chi connectivity index (χ3v) is 7.40. The van der Waals surface area contributed by atoms with Gasteiger partial charge < -0.3 is 11.1 Å². The van der Waals surface area contributed by atoms with Crippen LogP contribution in [0.4, 0.5) is 0 Å². The molecule has 3 N–H and O–H groups in total. The first-order chi connectivity index (χ1) is 19.1. The molecule has 1 aliphatic rings. The Morgan fingerprint density at radius 1 is 0.900 bits per heavy atom. The zero-order valence-corrected chi connectivity index (χ0v) is 23.8. The van der Waals surface area contributed by atoms with Gasteiger partial charge in [0.1, 0.15) is 6.04 Å². The SMILES string of the molecule is CC(=O)N(N1C(=O)C(NC(=O)C(N)Cc2ccccc2)CC(c2ccccc2)CC1c1ccccc1)C(C)(C)C. The van der Waals surface area contributed by atoms with Crippen molar-refractivity contribution >= 4 is 17.7 Å². The minimum atomic E-state index is -0.863. The highest BCUT2D eigenvalue weighted by Crippen LogP contribution is 2.41. The number of rotatable bonds is 7. The van der Waals surface area contributed by atoms with Crippen molar-refractivity contribution in [2.45, 2.75) is 76.5 Å². The van der Waals surface area contributed by atoms with Crippen LogP contribution in [-0.4, -0.2) is 45.4 Å². The summed E-state index contributed by atoms with van der Waals surface area (Å²) in [5.74, 6) is -1.01. The van der Waals surface area contributed by atoms with Crippen LogP contribution in [0.2, 0.25) is 0 Å². The number of nitrogens with one attached hydrogen (secondary N) is 1. The number of carbonyl (C=O) groups excluding carboxylic acids is 3. The highest BCUT2D eigenvalue weighted by molar-refractivity contribution is 5.91. The molecule has 1 fully saturated rings. The van der Waals surface area contributed by atoms with Crippen LogP contribution < -0.4 is 11.1 Å². The summed E-state index contributed by atoms with van der Waals surface area (Å²) < 4.78 is 0. The van der Waals surface area contributed by atoms with Crippen molar-refractivity contribution in [3.8, 4) is 0 Å². The van der Waals surface area contributed by atoms with E-state index in [1.165, 1.54) is 6.92 Å². The monoisotopic (exact) mass is 540 g/mol. The number of nitrogens with two attached hydrogens (primary N) is 1. The summed E-state index contributed by atoms with van der Waals surface area (Å²) in [5.41, 5.74) is 8.60. The molecule has 7 nitrogen and oxygen atoms in total. The van der Waals surface area contributed by atoms with Crippen LogP contribution in [0.5, 0.6) is 0 Å². The fourth-order valence-corrected chi connectivity index (χ4v) is 5.66. The lowest BCUT2D eigenvalue weighted by atomic mass is 9.86. The molecule has 210 valence electrons. The first-order valence-corrected chi connectivity index (χ1v) is 13.9. The van der Waals surface area contributed by atoms with E-state index in [2.05, 4.69) is 17.4 Å². The molecule has 1 heterocycles. The lowest BCUT2D eigenvalue weighted by Gasteiger charge is -2.47. The van der Waals surface area contributed by atoms with Crippen molar-refractivity contribution in [2.24, 2.45) is 5.73 Å². The maximum absolute atomic E-state index is 14.5. The lowest BCUT2D eigenvalue weighted by Crippen LogP contribution is -2.62. The number of hydrogen-bond acceptors (Lipinski definition) is 4. The minimum absolute atomic E-state index is 0.0511. The Labute approximate surface area is 237 Å². The van der Waals surface area contributed by atoms with Gasteiger partial charge in [-0.05, 0) is 62.6 Å². The van der Waals surface area contributed by atoms with E-state index >= 15 is 0 Å². The molecule has 0 aliphatic carbocycles. The van der Waals surface area contributed by atoms with Crippen molar-refractivity contribution in [1.29, 1.82) is 0 Å². The molecule has 3 amide bonds. The van der Waals surface area contributed by atoms with Gasteiger partial charge >= 0.3 is 0 Å². The van der Waals surface area contributed by atoms with E-state index < -0.39 is 29.6 Å². The number of amides is 3. The fraction of sp³-hybridized carbons (Fsp3) is 0.364. The summed E-state index contributed by atoms with van der Waals surface area (Å²) in [6.07, 6.45) is 1.33. The molecule has 3 aromatic rings. The normalized spacial score (nSPS) is 20.4. The largest absolute Gasteiger partial charge is 0.343 e. The molecule has 0 bridgehead atoms. The summed E-state index contributed by atoms with van der Waals surface area (Å²) >= 11 is 0. The summed E-state index contributed by atoms with van der Waals surface area (Å²) in [5, 5.41) is 6.12. The Balaban J connectivity index is 1.76. The fourth-order valence-electron chi connectivity index (χ4n) is 5.66. The number of carbonyl (C=O) groups is 3. The second-order valence-corrected chi connectivity index (χ2v) is 11.5. The quantitative estimate of drug-likeness (QED) is 0.452. The zero-order valence-electron chi connectivity index (χ0n) is 23.8. The van der Waals surface area contributed by atoms with Gasteiger partial charge in [0, 0.05) is 6.92 Å². The van der Waals surface area contributed by atoms with E-state index in [9.17, 15) is 14.4 Å². The number of hydrogen-bond donors (Lipinski definition) is 2. The molecular weight excluding hydrogens is 500 g/mol. The van der Waals surface area contributed by atoms with Gasteiger partial charge in [0.15, 0.2) is 0 Å². The highest BCUT2D eigenvalue weighted by atomic mass is 16.2. The van der Waals surface area contributed by atoms with E-state index in [0.717, 1.165) is 16.7 Å². The summed E-state index contributed by atoms with van der Waals surface area (Å²) in [4.78, 5) is 41.0. The molecular formula is C33H40N4O3. The van der Waals surface area contributed by atoms with E-state index in [-0.39, 0.29) is 17.7 Å². The van der Waals surface area contributed by atoms with Crippen molar-refractivity contribution < 1.29 is 14.4 Å². The van der Waals surface area contributed by atoms with Crippen LogP contribution >= 0.6 is 0 Å². The summed E-state index contributed by atoms with van der Waals surface area (Å²) in [7, 11) is 0. The van der Waals surface area contributed by atoms with E-state index in [1.54, 1.807) is 10.0 Å². The Kier molecular flexibility index (Phi) is 9.05. The van der Waals surface area contributed by atoms with Gasteiger partial charge in [-0.15, -0.1) is 0 Å². The van der Waals surface area contributed by atoms with Gasteiger partial charge in [-0.25, -0.2) is 10.0 Å². The van der Waals surface area contributed by atoms with Gasteiger partial charge in [-0.3, -0.25) is 14.4 Å². The molecule has 1 aliphatic heterocycles. The lowest BCUT2D eigenvalue weighted by molar-refractivity contribution is -0.182. The average Bonchev–Trinajstić information content (AvgIpc) is 3.06. The van der Waals surface area contributed by atoms with Gasteiger partial charge in [-0.1, -0.05) is 91.0 Å². The Morgan fingerprint density at radius 3 is 1.95 bits per heavy atom. The first kappa shape index (κ1) is 29.0. The third kappa shape index (κ3) is 6.77. The Hall–Kier alpha value is -3.97. The topological polar surface area (TPSA) is 95.7 Å². The van der Waals surface area contributed by atoms with Crippen molar-refractivity contribution in [3.05, 3.63) is 108 Å². The smallest absolute Gasteiger partial charge is 0.264 e. The van der Waals surface area contributed by atoms with E-state index in [0.29, 0.717) is 19.3 Å². The summed E-state index contributed by atoms with van der Waals surface area (Å²) in [6, 6.07) is 27.3. The molecule has 4 rings (SSSR count). The molecule has 0 spiro atoms. The predicted octanol–water partition coefficient (Wildman–Crippen LogP) is 4.75. The number of hydrazine groups is 1. The minimum Gasteiger partial charge on any atom is -0.343 e. The molecule has 4 unspecified atom stereocenters. The van der Waals surface area contributed by atoms with E-state index in [1.807, 2.05) is 99.6 Å². The first-order valence-electron chi connectivity index (χ1n) is 13.9. The maximum atomic E-state index is 14.5. The highest BCUT2D eigenvalue weighted by Gasteiger charge is 2.45. The van der Waals surface area contributed by atoms with Gasteiger partial charge in [0.05, 0.1) is 17.6 Å². The standard InChI is InChI=1S/C33H40N4O3/c1-23(38)37(33(2,3)4)36-30(26-18-12-7-13-19-26)22-27(25-16-10-6-11-17-25)21-29(32(36)40)35-31(39)28(34)20-24-14-8-5-9-15-24/h5-19,27-30H,20-22,34H2,1-4H3,(H,35,39). The molecule has 0 saturated carbocycles. The number of nitrogens with zero attached hydrogens (tertiary/aromatic N) is 2. The van der Waals surface area contributed by atoms with E-state index in [4.69, 9.17) is 5.73 Å². The zero-order chi connectivity index (χ0) is 28.9. The van der Waals surface area contributed by atoms with Crippen molar-refractivity contribution in [3.63, 3.8) is 0 Å². The molecule has 4 atom stereocenters. The average molecular weight is 541 g/mol. The number of benzene rings is 3. The maximum Gasteiger partial charge on any atom is 0.264 e. The van der Waals surface area contributed by atoms with Crippen LogP contribution in [0.3, 0.4) is 0 Å². The van der Waals surface area contributed by atoms with Crippen LogP contribution in [0.15, 0.2) is 91.0 Å². The van der Waals surface area contributed by atoms with Crippen molar-refractivity contribution in [1.82, 2.24) is 15.3 Å². The van der Waals surface area contributed by atoms with Gasteiger partial charge in [0.25, 0.3) is 5.91 Å². The predicted molar refractivity (Wildman–Crippen MR) is 157 cm³/mol. The molecule has 3 aromatic carbocycles. The van der Waals surface area contributed by atoms with Crippen LogP contribution in [0, 0.1) is 0 Å². The molecule has 40 heavy (non-hydrogen) atoms. The van der Waals surface area contributed by atoms with Gasteiger partial charge in [0.2, 0.25) is 11.8 Å². The third-order valence-electron chi connectivity index (χ3n) is 7.40. The Morgan fingerprint density at radius 2 is 1.43 bits per heavy atom. The van der Waals surface area contributed by atoms with Crippen molar-refractivity contribution in [2.75, 3.05) is 0 Å². The van der Waals surface area contributed by atoms with Crippen LogP contribution in [-0.2, 0) is 20.8 Å².